The number of halogens is 1. The Labute approximate surface area is 211 Å². The molecule has 1 unspecified atom stereocenters. The van der Waals surface area contributed by atoms with E-state index in [-0.39, 0.29) is 12.2 Å². The van der Waals surface area contributed by atoms with Crippen molar-refractivity contribution >= 4 is 5.82 Å². The van der Waals surface area contributed by atoms with E-state index in [1.54, 1.807) is 0 Å². The van der Waals surface area contributed by atoms with Crippen LogP contribution < -0.4 is 10.4 Å². The number of nitrogens with one attached hydrogen (secondary N) is 1. The lowest BCUT2D eigenvalue weighted by Gasteiger charge is -2.33. The monoisotopic (exact) mass is 476 g/mol. The van der Waals surface area contributed by atoms with Crippen molar-refractivity contribution in [2.24, 2.45) is 5.92 Å². The Hall–Kier alpha value is -2.76. The molecule has 0 amide bonds. The van der Waals surface area contributed by atoms with Crippen LogP contribution in [0.3, 0.4) is 0 Å². The quantitative estimate of drug-likeness (QED) is 0.259. The zero-order chi connectivity index (χ0) is 25.3. The van der Waals surface area contributed by atoms with E-state index in [9.17, 15) is 4.39 Å². The zero-order valence-electron chi connectivity index (χ0n) is 21.5. The topological polar surface area (TPSA) is 31.4 Å². The number of rotatable bonds is 12. The van der Waals surface area contributed by atoms with Crippen molar-refractivity contribution in [1.29, 1.82) is 0 Å². The van der Waals surface area contributed by atoms with Crippen molar-refractivity contribution in [1.82, 2.24) is 15.3 Å². The lowest BCUT2D eigenvalue weighted by atomic mass is 9.89. The van der Waals surface area contributed by atoms with Crippen LogP contribution in [0.25, 0.3) is 0 Å². The van der Waals surface area contributed by atoms with Crippen LogP contribution in [-0.2, 0) is 0 Å². The molecule has 0 bridgehead atoms. The van der Waals surface area contributed by atoms with Gasteiger partial charge < -0.3 is 4.90 Å². The summed E-state index contributed by atoms with van der Waals surface area (Å²) in [5, 5.41) is 2.11. The molecular formula is C30H41FN4. The summed E-state index contributed by atoms with van der Waals surface area (Å²) in [6, 6.07) is 5.95. The van der Waals surface area contributed by atoms with Crippen molar-refractivity contribution in [3.05, 3.63) is 97.2 Å². The highest BCUT2D eigenvalue weighted by atomic mass is 19.1. The van der Waals surface area contributed by atoms with Gasteiger partial charge in [0.15, 0.2) is 0 Å². The minimum atomic E-state index is -0.467. The summed E-state index contributed by atoms with van der Waals surface area (Å²) in [6.45, 7) is 19.6. The first-order chi connectivity index (χ1) is 16.8. The normalized spacial score (nSPS) is 22.0. The van der Waals surface area contributed by atoms with E-state index in [0.717, 1.165) is 43.9 Å². The van der Waals surface area contributed by atoms with Gasteiger partial charge in [-0.05, 0) is 101 Å². The Morgan fingerprint density at radius 1 is 1.29 bits per heavy atom. The number of likely N-dealkylation sites (tertiary alicyclic amines) is 1. The number of nitrogens with zero attached hydrogens (tertiary/aromatic N) is 3. The van der Waals surface area contributed by atoms with E-state index in [0.29, 0.717) is 5.92 Å². The zero-order valence-corrected chi connectivity index (χ0v) is 21.5. The lowest BCUT2D eigenvalue weighted by Crippen LogP contribution is -2.46. The summed E-state index contributed by atoms with van der Waals surface area (Å²) in [5.41, 5.74) is 6.53. The first-order valence-electron chi connectivity index (χ1n) is 12.7. The predicted octanol–water partition coefficient (Wildman–Crippen LogP) is 7.05. The molecular weight excluding hydrogens is 435 g/mol. The third-order valence-electron chi connectivity index (χ3n) is 6.85. The van der Waals surface area contributed by atoms with Crippen LogP contribution in [0.2, 0.25) is 0 Å². The van der Waals surface area contributed by atoms with E-state index < -0.39 is 5.54 Å². The lowest BCUT2D eigenvalue weighted by molar-refractivity contribution is 0.182. The number of aromatic nitrogens is 1. The van der Waals surface area contributed by atoms with Gasteiger partial charge in [0.2, 0.25) is 0 Å². The second kappa shape index (κ2) is 12.8. The van der Waals surface area contributed by atoms with Crippen molar-refractivity contribution < 1.29 is 4.39 Å². The molecule has 1 fully saturated rings. The summed E-state index contributed by atoms with van der Waals surface area (Å²) < 4.78 is 13.7. The number of hydrogen-bond acceptors (Lipinski definition) is 4. The number of hydrogen-bond donors (Lipinski definition) is 1. The van der Waals surface area contributed by atoms with Crippen molar-refractivity contribution in [2.75, 3.05) is 24.6 Å². The number of piperidine rings is 1. The average Bonchev–Trinajstić information content (AvgIpc) is 3.18. The number of hydrazine groups is 1. The molecule has 1 atom stereocenters. The molecule has 0 radical (unpaired) electrons. The predicted molar refractivity (Wildman–Crippen MR) is 146 cm³/mol. The van der Waals surface area contributed by atoms with Gasteiger partial charge in [0, 0.05) is 18.3 Å². The first kappa shape index (κ1) is 26.8. The minimum absolute atomic E-state index is 0.217. The molecule has 35 heavy (non-hydrogen) atoms. The fourth-order valence-corrected chi connectivity index (χ4v) is 4.74. The van der Waals surface area contributed by atoms with Crippen molar-refractivity contribution in [3.8, 4) is 0 Å². The van der Waals surface area contributed by atoms with E-state index >= 15 is 0 Å². The molecule has 4 nitrogen and oxygen atoms in total. The molecule has 0 aliphatic carbocycles. The molecule has 0 aromatic carbocycles. The van der Waals surface area contributed by atoms with E-state index in [1.807, 2.05) is 36.5 Å². The van der Waals surface area contributed by atoms with Crippen LogP contribution in [0.4, 0.5) is 10.2 Å². The molecule has 2 aliphatic heterocycles. The Balaban J connectivity index is 1.67. The number of anilines is 1. The molecule has 2 aliphatic rings. The molecule has 0 spiro atoms. The highest BCUT2D eigenvalue weighted by Gasteiger charge is 2.36. The Morgan fingerprint density at radius 3 is 2.71 bits per heavy atom. The van der Waals surface area contributed by atoms with Crippen LogP contribution in [0, 0.1) is 5.92 Å². The second-order valence-corrected chi connectivity index (χ2v) is 10.0. The van der Waals surface area contributed by atoms with Gasteiger partial charge in [-0.1, -0.05) is 43.0 Å². The third kappa shape index (κ3) is 7.87. The minimum Gasteiger partial charge on any atom is -0.303 e. The Kier molecular flexibility index (Phi) is 9.82. The largest absolute Gasteiger partial charge is 0.303 e. The van der Waals surface area contributed by atoms with Gasteiger partial charge in [-0.15, -0.1) is 6.58 Å². The first-order valence-corrected chi connectivity index (χ1v) is 12.7. The smallest absolute Gasteiger partial charge is 0.147 e. The molecule has 188 valence electrons. The third-order valence-corrected chi connectivity index (χ3v) is 6.85. The van der Waals surface area contributed by atoms with E-state index in [2.05, 4.69) is 60.0 Å². The van der Waals surface area contributed by atoms with Crippen LogP contribution >= 0.6 is 0 Å². The van der Waals surface area contributed by atoms with Crippen LogP contribution in [0.1, 0.15) is 52.4 Å². The molecule has 1 aromatic rings. The summed E-state index contributed by atoms with van der Waals surface area (Å²) in [7, 11) is 0. The van der Waals surface area contributed by atoms with Gasteiger partial charge in [-0.25, -0.2) is 14.8 Å². The summed E-state index contributed by atoms with van der Waals surface area (Å²) >= 11 is 0. The number of allylic oxidation sites excluding steroid dienone is 6. The maximum absolute atomic E-state index is 13.7. The fourth-order valence-electron chi connectivity index (χ4n) is 4.74. The van der Waals surface area contributed by atoms with Crippen LogP contribution in [-0.4, -0.2) is 35.1 Å². The Morgan fingerprint density at radius 2 is 2.06 bits per heavy atom. The van der Waals surface area contributed by atoms with Gasteiger partial charge in [0.1, 0.15) is 11.6 Å². The number of pyridine rings is 1. The molecule has 0 saturated carbocycles. The maximum Gasteiger partial charge on any atom is 0.147 e. The SMILES string of the molecule is C=C/C=C(/F)C/C=C\C(=C)C1(C)C=C(CC2CCN(CCCC(=C)C)CC2)N(c2ccccn2)N1. The van der Waals surface area contributed by atoms with Gasteiger partial charge in [-0.2, -0.15) is 0 Å². The van der Waals surface area contributed by atoms with Gasteiger partial charge in [0.25, 0.3) is 0 Å². The molecule has 1 aromatic heterocycles. The maximum atomic E-state index is 13.7. The van der Waals surface area contributed by atoms with Gasteiger partial charge in [0.05, 0.1) is 5.54 Å². The van der Waals surface area contributed by atoms with Gasteiger partial charge in [-0.3, -0.25) is 5.01 Å². The summed E-state index contributed by atoms with van der Waals surface area (Å²) in [4.78, 5) is 7.18. The molecule has 3 heterocycles. The Bertz CT molecular complexity index is 969. The highest BCUT2D eigenvalue weighted by molar-refractivity contribution is 5.52. The standard InChI is InChI=1S/C30H41FN4/c1-6-11-27(31)14-9-13-25(4)30(5)23-28(35(33-30)29-15-7-8-18-32-29)22-26-16-20-34(21-17-26)19-10-12-24(2)3/h6-9,11,13,15,18,23,26,33H,1-2,4,10,12,14,16-17,19-22H2,3,5H3/b13-9-,27-11+. The highest BCUT2D eigenvalue weighted by Crippen LogP contribution is 2.35. The molecule has 1 N–H and O–H groups in total. The molecule has 1 saturated heterocycles. The van der Waals surface area contributed by atoms with Crippen molar-refractivity contribution in [2.45, 2.75) is 57.9 Å². The second-order valence-electron chi connectivity index (χ2n) is 10.0. The fraction of sp³-hybridized carbons (Fsp3) is 0.433. The summed E-state index contributed by atoms with van der Waals surface area (Å²) in [6.07, 6.45) is 16.6. The summed E-state index contributed by atoms with van der Waals surface area (Å²) in [5.74, 6) is 1.29. The van der Waals surface area contributed by atoms with Crippen molar-refractivity contribution in [3.63, 3.8) is 0 Å². The molecule has 3 rings (SSSR count). The molecule has 5 heteroatoms. The van der Waals surface area contributed by atoms with E-state index in [1.165, 1.54) is 42.7 Å². The average molecular weight is 477 g/mol. The van der Waals surface area contributed by atoms with E-state index in [4.69, 9.17) is 0 Å². The van der Waals surface area contributed by atoms with Crippen LogP contribution in [0.15, 0.2) is 97.2 Å². The van der Waals surface area contributed by atoms with Crippen LogP contribution in [0.5, 0.6) is 0 Å². The van der Waals surface area contributed by atoms with Gasteiger partial charge >= 0.3 is 0 Å².